The molecule has 120 valence electrons. The number of halogens is 2. The number of nitrogens with one attached hydrogen (secondary N) is 1. The zero-order valence-electron chi connectivity index (χ0n) is 11.9. The number of anilines is 1. The molecule has 1 N–H and O–H groups in total. The molecule has 2 atom stereocenters. The van der Waals surface area contributed by atoms with Crippen LogP contribution in [0, 0.1) is 5.92 Å². The highest BCUT2D eigenvalue weighted by Crippen LogP contribution is 2.33. The van der Waals surface area contributed by atoms with Gasteiger partial charge in [0.25, 0.3) is 5.91 Å². The first-order valence-corrected chi connectivity index (χ1v) is 7.53. The normalized spacial score (nSPS) is 22.7. The molecule has 2 aliphatic heterocycles. The quantitative estimate of drug-likeness (QED) is 0.653. The lowest BCUT2D eigenvalue weighted by Gasteiger charge is -2.16. The van der Waals surface area contributed by atoms with E-state index in [1.807, 2.05) is 0 Å². The number of nitrogens with zero attached hydrogens (tertiary/aromatic N) is 2. The van der Waals surface area contributed by atoms with Crippen LogP contribution < -0.4 is 10.3 Å². The number of esters is 1. The van der Waals surface area contributed by atoms with Gasteiger partial charge in [0, 0.05) is 10.0 Å². The Bertz CT molecular complexity index is 729. The van der Waals surface area contributed by atoms with Gasteiger partial charge in [0.1, 0.15) is 12.0 Å². The van der Waals surface area contributed by atoms with Crippen LogP contribution in [-0.4, -0.2) is 36.1 Å². The third-order valence-electron chi connectivity index (χ3n) is 3.51. The smallest absolute Gasteiger partial charge is 0.355 e. The topological polar surface area (TPSA) is 88.1 Å². The van der Waals surface area contributed by atoms with Crippen molar-refractivity contribution in [3.63, 3.8) is 0 Å². The van der Waals surface area contributed by atoms with Crippen molar-refractivity contribution < 1.29 is 19.1 Å². The first-order chi connectivity index (χ1) is 10.9. The summed E-state index contributed by atoms with van der Waals surface area (Å²) in [5.74, 6) is -2.84. The van der Waals surface area contributed by atoms with Gasteiger partial charge in [-0.2, -0.15) is 5.10 Å². The molecule has 7 nitrogen and oxygen atoms in total. The van der Waals surface area contributed by atoms with Crippen molar-refractivity contribution in [3.05, 3.63) is 28.2 Å². The van der Waals surface area contributed by atoms with Gasteiger partial charge in [-0.1, -0.05) is 23.2 Å². The third-order valence-corrected chi connectivity index (χ3v) is 3.95. The third kappa shape index (κ3) is 2.55. The van der Waals surface area contributed by atoms with Gasteiger partial charge in [-0.05, 0) is 25.1 Å². The summed E-state index contributed by atoms with van der Waals surface area (Å²) in [6.07, 6.45) is 0. The van der Waals surface area contributed by atoms with E-state index in [1.165, 1.54) is 18.2 Å². The predicted molar refractivity (Wildman–Crippen MR) is 83.4 cm³/mol. The minimum absolute atomic E-state index is 0.106. The predicted octanol–water partition coefficient (Wildman–Crippen LogP) is 1.37. The molecule has 1 fully saturated rings. The van der Waals surface area contributed by atoms with Gasteiger partial charge >= 0.3 is 5.97 Å². The van der Waals surface area contributed by atoms with Crippen LogP contribution in [0.1, 0.15) is 6.92 Å². The summed E-state index contributed by atoms with van der Waals surface area (Å²) < 4.78 is 4.86. The lowest BCUT2D eigenvalue weighted by Crippen LogP contribution is -2.36. The molecule has 0 spiro atoms. The van der Waals surface area contributed by atoms with Gasteiger partial charge in [0.05, 0.1) is 12.3 Å². The molecule has 2 heterocycles. The van der Waals surface area contributed by atoms with Crippen LogP contribution in [0.15, 0.2) is 23.3 Å². The van der Waals surface area contributed by atoms with Gasteiger partial charge in [0.2, 0.25) is 5.91 Å². The largest absolute Gasteiger partial charge is 0.461 e. The molecule has 0 saturated carbocycles. The van der Waals surface area contributed by atoms with Crippen LogP contribution in [0.5, 0.6) is 0 Å². The zero-order chi connectivity index (χ0) is 16.7. The van der Waals surface area contributed by atoms with Gasteiger partial charge in [-0.3, -0.25) is 15.0 Å². The molecule has 1 saturated heterocycles. The van der Waals surface area contributed by atoms with Crippen LogP contribution in [0.2, 0.25) is 10.0 Å². The molecule has 1 aromatic carbocycles. The molecule has 3 rings (SSSR count). The summed E-state index contributed by atoms with van der Waals surface area (Å²) in [7, 11) is 0. The van der Waals surface area contributed by atoms with Crippen molar-refractivity contribution in [2.75, 3.05) is 11.5 Å². The van der Waals surface area contributed by atoms with E-state index in [9.17, 15) is 14.4 Å². The first kappa shape index (κ1) is 15.8. The summed E-state index contributed by atoms with van der Waals surface area (Å²) in [4.78, 5) is 37.9. The van der Waals surface area contributed by atoms with E-state index >= 15 is 0 Å². The maximum Gasteiger partial charge on any atom is 0.355 e. The fourth-order valence-corrected chi connectivity index (χ4v) is 3.10. The van der Waals surface area contributed by atoms with Crippen LogP contribution in [-0.2, 0) is 19.1 Å². The summed E-state index contributed by atoms with van der Waals surface area (Å²) >= 11 is 11.8. The minimum atomic E-state index is -1.01. The second kappa shape index (κ2) is 5.82. The zero-order valence-corrected chi connectivity index (χ0v) is 13.4. The van der Waals surface area contributed by atoms with Gasteiger partial charge in [-0.15, -0.1) is 0 Å². The lowest BCUT2D eigenvalue weighted by molar-refractivity contribution is -0.136. The van der Waals surface area contributed by atoms with E-state index in [0.717, 1.165) is 4.90 Å². The summed E-state index contributed by atoms with van der Waals surface area (Å²) in [5.41, 5.74) is 2.67. The van der Waals surface area contributed by atoms with E-state index in [0.29, 0.717) is 0 Å². The van der Waals surface area contributed by atoms with Crippen LogP contribution in [0.4, 0.5) is 5.69 Å². The van der Waals surface area contributed by atoms with E-state index < -0.39 is 29.7 Å². The lowest BCUT2D eigenvalue weighted by atomic mass is 9.99. The number of rotatable bonds is 3. The Labute approximate surface area is 141 Å². The van der Waals surface area contributed by atoms with E-state index in [1.54, 1.807) is 6.92 Å². The summed E-state index contributed by atoms with van der Waals surface area (Å²) in [6.45, 7) is 1.78. The van der Waals surface area contributed by atoms with Crippen LogP contribution >= 0.6 is 23.2 Å². The van der Waals surface area contributed by atoms with Crippen molar-refractivity contribution >= 4 is 52.4 Å². The highest BCUT2D eigenvalue weighted by atomic mass is 35.5. The molecule has 9 heteroatoms. The first-order valence-electron chi connectivity index (χ1n) is 6.78. The van der Waals surface area contributed by atoms with Crippen molar-refractivity contribution in [3.8, 4) is 0 Å². The molecule has 0 aromatic heterocycles. The van der Waals surface area contributed by atoms with Crippen LogP contribution in [0.25, 0.3) is 0 Å². The van der Waals surface area contributed by atoms with Crippen LogP contribution in [0.3, 0.4) is 0 Å². The number of ether oxygens (including phenoxy) is 1. The molecule has 1 aromatic rings. The summed E-state index contributed by atoms with van der Waals surface area (Å²) in [5, 5.41) is 4.35. The number of benzene rings is 1. The molecule has 0 radical (unpaired) electrons. The Balaban J connectivity index is 1.95. The Hall–Kier alpha value is -2.12. The van der Waals surface area contributed by atoms with Crippen molar-refractivity contribution in [2.24, 2.45) is 11.0 Å². The Morgan fingerprint density at radius 2 is 1.91 bits per heavy atom. The van der Waals surface area contributed by atoms with Gasteiger partial charge in [-0.25, -0.2) is 9.69 Å². The van der Waals surface area contributed by atoms with Gasteiger partial charge in [0.15, 0.2) is 5.71 Å². The maximum atomic E-state index is 12.6. The number of hydrogen-bond acceptors (Lipinski definition) is 6. The SMILES string of the molecule is CCOC(=O)C1=NNC2C(=O)N(c3cc(Cl)cc(Cl)c3)C(=O)C12. The highest BCUT2D eigenvalue weighted by Gasteiger charge is 2.55. The van der Waals surface area contributed by atoms with Crippen molar-refractivity contribution in [2.45, 2.75) is 13.0 Å². The standard InChI is InChI=1S/C14H11Cl2N3O4/c1-2-23-14(22)11-9-10(17-18-11)13(21)19(12(9)20)8-4-6(15)3-7(16)5-8/h3-5,9-10,17H,2H2,1H3. The number of fused-ring (bicyclic) bond motifs is 1. The Morgan fingerprint density at radius 1 is 1.26 bits per heavy atom. The summed E-state index contributed by atoms with van der Waals surface area (Å²) in [6, 6.07) is 3.46. The molecule has 2 aliphatic rings. The molecule has 2 unspecified atom stereocenters. The highest BCUT2D eigenvalue weighted by molar-refractivity contribution is 6.46. The Kier molecular flexibility index (Phi) is 3.99. The average molecular weight is 356 g/mol. The Morgan fingerprint density at radius 3 is 2.52 bits per heavy atom. The fourth-order valence-electron chi connectivity index (χ4n) is 2.59. The van der Waals surface area contributed by atoms with E-state index in [2.05, 4.69) is 10.5 Å². The molecule has 2 amide bonds. The van der Waals surface area contributed by atoms with Gasteiger partial charge < -0.3 is 4.74 Å². The second-order valence-corrected chi connectivity index (χ2v) is 5.81. The molecular formula is C14H11Cl2N3O4. The number of carbonyl (C=O) groups is 3. The van der Waals surface area contributed by atoms with Crippen molar-refractivity contribution in [1.29, 1.82) is 0 Å². The molecule has 23 heavy (non-hydrogen) atoms. The number of amides is 2. The van der Waals surface area contributed by atoms with Crippen molar-refractivity contribution in [1.82, 2.24) is 5.43 Å². The number of carbonyl (C=O) groups excluding carboxylic acids is 3. The monoisotopic (exact) mass is 355 g/mol. The average Bonchev–Trinajstić information content (AvgIpc) is 2.99. The van der Waals surface area contributed by atoms with E-state index in [-0.39, 0.29) is 28.1 Å². The van der Waals surface area contributed by atoms with E-state index in [4.69, 9.17) is 27.9 Å². The number of hydrazone groups is 1. The maximum absolute atomic E-state index is 12.6. The fraction of sp³-hybridized carbons (Fsp3) is 0.286. The molecular weight excluding hydrogens is 345 g/mol. The minimum Gasteiger partial charge on any atom is -0.461 e. The molecule has 0 aliphatic carbocycles. The number of hydrogen-bond donors (Lipinski definition) is 1. The number of imide groups is 1. The second-order valence-electron chi connectivity index (χ2n) is 4.94. The molecule has 0 bridgehead atoms.